The van der Waals surface area contributed by atoms with Crippen molar-refractivity contribution in [3.63, 3.8) is 0 Å². The minimum absolute atomic E-state index is 0.347. The van der Waals surface area contributed by atoms with Gasteiger partial charge in [0.15, 0.2) is 5.82 Å². The molecule has 21 heavy (non-hydrogen) atoms. The van der Waals surface area contributed by atoms with Crippen LogP contribution in [0, 0.1) is 0 Å². The molecule has 2 rings (SSSR count). The summed E-state index contributed by atoms with van der Waals surface area (Å²) in [4.78, 5) is 21.8. The Kier molecular flexibility index (Phi) is 5.33. The third-order valence-corrected chi connectivity index (χ3v) is 3.79. The first-order valence-electron chi connectivity index (χ1n) is 6.87. The van der Waals surface area contributed by atoms with Gasteiger partial charge in [-0.15, -0.1) is 11.8 Å². The quantitative estimate of drug-likeness (QED) is 0.624. The van der Waals surface area contributed by atoms with Crippen molar-refractivity contribution < 1.29 is 9.53 Å². The normalized spacial score (nSPS) is 10.4. The average molecular weight is 302 g/mol. The Hall–Kier alpha value is -1.88. The van der Waals surface area contributed by atoms with E-state index in [1.165, 1.54) is 4.90 Å². The Balaban J connectivity index is 2.35. The summed E-state index contributed by atoms with van der Waals surface area (Å²) >= 11 is 1.69. The first-order chi connectivity index (χ1) is 10.2. The van der Waals surface area contributed by atoms with Crippen molar-refractivity contribution in [3.8, 4) is 11.4 Å². The van der Waals surface area contributed by atoms with Gasteiger partial charge in [-0.1, -0.05) is 19.1 Å². The maximum atomic E-state index is 11.9. The van der Waals surface area contributed by atoms with Crippen LogP contribution in [0.3, 0.4) is 0 Å². The second-order valence-corrected chi connectivity index (χ2v) is 5.24. The number of rotatable bonds is 5. The number of hydrogen-bond acceptors (Lipinski definition) is 5. The molecular weight excluding hydrogens is 284 g/mol. The number of aromatic nitrogens is 2. The average Bonchev–Trinajstić information content (AvgIpc) is 2.54. The summed E-state index contributed by atoms with van der Waals surface area (Å²) in [5.74, 6) is 0.270. The van der Waals surface area contributed by atoms with Gasteiger partial charge in [0.25, 0.3) is 0 Å². The van der Waals surface area contributed by atoms with Crippen molar-refractivity contribution in [2.45, 2.75) is 25.2 Å². The smallest absolute Gasteiger partial charge is 0.341 e. The van der Waals surface area contributed by atoms with E-state index in [1.807, 2.05) is 37.4 Å². The largest absolute Gasteiger partial charge is 0.462 e. The molecule has 0 unspecified atom stereocenters. The molecule has 1 aromatic heterocycles. The fourth-order valence-corrected chi connectivity index (χ4v) is 2.35. The van der Waals surface area contributed by atoms with E-state index in [2.05, 4.69) is 9.97 Å². The minimum atomic E-state index is -0.362. The Morgan fingerprint density at radius 2 is 1.95 bits per heavy atom. The highest BCUT2D eigenvalue weighted by Crippen LogP contribution is 2.21. The zero-order chi connectivity index (χ0) is 15.2. The number of benzene rings is 1. The second-order valence-electron chi connectivity index (χ2n) is 4.36. The van der Waals surface area contributed by atoms with E-state index in [-0.39, 0.29) is 5.97 Å². The van der Waals surface area contributed by atoms with Gasteiger partial charge in [0.05, 0.1) is 17.9 Å². The molecule has 0 aliphatic rings. The molecule has 0 saturated carbocycles. The second kappa shape index (κ2) is 7.22. The molecule has 0 radical (unpaired) electrons. The summed E-state index contributed by atoms with van der Waals surface area (Å²) in [7, 11) is 0. The summed E-state index contributed by atoms with van der Waals surface area (Å²) in [6.45, 7) is 4.09. The van der Waals surface area contributed by atoms with E-state index in [0.717, 1.165) is 5.56 Å². The van der Waals surface area contributed by atoms with Crippen LogP contribution >= 0.6 is 11.8 Å². The van der Waals surface area contributed by atoms with Crippen molar-refractivity contribution in [2.75, 3.05) is 12.9 Å². The first-order valence-corrected chi connectivity index (χ1v) is 8.09. The van der Waals surface area contributed by atoms with Gasteiger partial charge in [-0.3, -0.25) is 0 Å². The van der Waals surface area contributed by atoms with Gasteiger partial charge in [-0.05, 0) is 31.7 Å². The van der Waals surface area contributed by atoms with Crippen LogP contribution in [0.4, 0.5) is 0 Å². The van der Waals surface area contributed by atoms with E-state index in [9.17, 15) is 4.79 Å². The van der Waals surface area contributed by atoms with Crippen LogP contribution in [0.15, 0.2) is 35.4 Å². The van der Waals surface area contributed by atoms with E-state index in [0.29, 0.717) is 30.1 Å². The molecule has 0 N–H and O–H groups in total. The van der Waals surface area contributed by atoms with Crippen LogP contribution in [0.1, 0.15) is 29.9 Å². The molecule has 5 heteroatoms. The van der Waals surface area contributed by atoms with Gasteiger partial charge in [0, 0.05) is 16.7 Å². The predicted molar refractivity (Wildman–Crippen MR) is 84.6 cm³/mol. The summed E-state index contributed by atoms with van der Waals surface area (Å²) in [6, 6.07) is 8.05. The van der Waals surface area contributed by atoms with Crippen LogP contribution in [-0.4, -0.2) is 28.8 Å². The highest BCUT2D eigenvalue weighted by Gasteiger charge is 2.15. The molecule has 0 aliphatic heterocycles. The van der Waals surface area contributed by atoms with E-state index in [4.69, 9.17) is 4.74 Å². The molecular formula is C16H18N2O2S. The number of esters is 1. The molecule has 4 nitrogen and oxygen atoms in total. The van der Waals surface area contributed by atoms with E-state index >= 15 is 0 Å². The molecule has 0 amide bonds. The number of ether oxygens (including phenoxy) is 1. The minimum Gasteiger partial charge on any atom is -0.462 e. The molecule has 0 spiro atoms. The molecule has 110 valence electrons. The highest BCUT2D eigenvalue weighted by atomic mass is 32.2. The van der Waals surface area contributed by atoms with Crippen LogP contribution in [0.25, 0.3) is 11.4 Å². The van der Waals surface area contributed by atoms with Crippen LogP contribution in [-0.2, 0) is 11.2 Å². The molecule has 1 heterocycles. The highest BCUT2D eigenvalue weighted by molar-refractivity contribution is 7.98. The lowest BCUT2D eigenvalue weighted by Crippen LogP contribution is -2.11. The maximum Gasteiger partial charge on any atom is 0.341 e. The standard InChI is InChI=1S/C16H18N2O2S/c1-4-14-13(16(19)20-5-2)10-17-15(18-14)11-6-8-12(21-3)9-7-11/h6-10H,4-5H2,1-3H3. The van der Waals surface area contributed by atoms with Crippen molar-refractivity contribution in [1.82, 2.24) is 9.97 Å². The lowest BCUT2D eigenvalue weighted by Gasteiger charge is -2.08. The lowest BCUT2D eigenvalue weighted by atomic mass is 10.1. The van der Waals surface area contributed by atoms with Crippen molar-refractivity contribution in [3.05, 3.63) is 41.7 Å². The van der Waals surface area contributed by atoms with Gasteiger partial charge in [0.1, 0.15) is 0 Å². The summed E-state index contributed by atoms with van der Waals surface area (Å²) in [5.41, 5.74) is 2.11. The Morgan fingerprint density at radius 1 is 1.24 bits per heavy atom. The fourth-order valence-electron chi connectivity index (χ4n) is 1.95. The zero-order valence-electron chi connectivity index (χ0n) is 12.4. The number of carbonyl (C=O) groups is 1. The van der Waals surface area contributed by atoms with Crippen LogP contribution in [0.2, 0.25) is 0 Å². The third kappa shape index (κ3) is 3.61. The van der Waals surface area contributed by atoms with Crippen molar-refractivity contribution in [1.29, 1.82) is 0 Å². The fraction of sp³-hybridized carbons (Fsp3) is 0.312. The maximum absolute atomic E-state index is 11.9. The SMILES string of the molecule is CCOC(=O)c1cnc(-c2ccc(SC)cc2)nc1CC. The molecule has 0 atom stereocenters. The number of carbonyl (C=O) groups excluding carboxylic acids is 1. The Bertz CT molecular complexity index is 627. The molecule has 0 aliphatic carbocycles. The summed E-state index contributed by atoms with van der Waals surface area (Å²) in [5, 5.41) is 0. The van der Waals surface area contributed by atoms with Gasteiger partial charge in [-0.2, -0.15) is 0 Å². The molecule has 1 aromatic carbocycles. The van der Waals surface area contributed by atoms with E-state index in [1.54, 1.807) is 24.9 Å². The first kappa shape index (κ1) is 15.5. The Labute approximate surface area is 129 Å². The van der Waals surface area contributed by atoms with Crippen molar-refractivity contribution >= 4 is 17.7 Å². The lowest BCUT2D eigenvalue weighted by molar-refractivity contribution is 0.0524. The number of thioether (sulfide) groups is 1. The van der Waals surface area contributed by atoms with Gasteiger partial charge in [-0.25, -0.2) is 14.8 Å². The van der Waals surface area contributed by atoms with Crippen LogP contribution in [0.5, 0.6) is 0 Å². The third-order valence-electron chi connectivity index (χ3n) is 3.05. The summed E-state index contributed by atoms with van der Waals surface area (Å²) in [6.07, 6.45) is 4.25. The zero-order valence-corrected chi connectivity index (χ0v) is 13.2. The molecule has 2 aromatic rings. The van der Waals surface area contributed by atoms with Gasteiger partial charge >= 0.3 is 5.97 Å². The van der Waals surface area contributed by atoms with Crippen LogP contribution < -0.4 is 0 Å². The predicted octanol–water partition coefficient (Wildman–Crippen LogP) is 3.60. The van der Waals surface area contributed by atoms with Crippen molar-refractivity contribution in [2.24, 2.45) is 0 Å². The van der Waals surface area contributed by atoms with Gasteiger partial charge < -0.3 is 4.74 Å². The summed E-state index contributed by atoms with van der Waals surface area (Å²) < 4.78 is 5.02. The molecule has 0 bridgehead atoms. The number of hydrogen-bond donors (Lipinski definition) is 0. The molecule has 0 saturated heterocycles. The number of aryl methyl sites for hydroxylation is 1. The van der Waals surface area contributed by atoms with E-state index < -0.39 is 0 Å². The van der Waals surface area contributed by atoms with Gasteiger partial charge in [0.2, 0.25) is 0 Å². The monoisotopic (exact) mass is 302 g/mol. The molecule has 0 fully saturated rings. The number of nitrogens with zero attached hydrogens (tertiary/aromatic N) is 2. The Morgan fingerprint density at radius 3 is 2.52 bits per heavy atom. The topological polar surface area (TPSA) is 52.1 Å².